The molecule has 5 atom stereocenters. The van der Waals surface area contributed by atoms with Crippen LogP contribution in [0.25, 0.3) is 0 Å². The molecular formula is C12H26O6Si. The Morgan fingerprint density at radius 3 is 2.21 bits per heavy atom. The Labute approximate surface area is 115 Å². The second-order valence-corrected chi connectivity index (χ2v) is 11.8. The molecule has 1 aliphatic heterocycles. The molecule has 0 unspecified atom stereocenters. The van der Waals surface area contributed by atoms with Gasteiger partial charge in [0.25, 0.3) is 0 Å². The highest BCUT2D eigenvalue weighted by molar-refractivity contribution is 6.76. The van der Waals surface area contributed by atoms with Crippen LogP contribution in [-0.4, -0.2) is 74.4 Å². The maximum absolute atomic E-state index is 9.83. The van der Waals surface area contributed by atoms with Gasteiger partial charge in [-0.05, 0) is 6.04 Å². The fourth-order valence-electron chi connectivity index (χ4n) is 1.84. The Morgan fingerprint density at radius 2 is 1.68 bits per heavy atom. The smallest absolute Gasteiger partial charge is 0.186 e. The molecule has 1 aliphatic rings. The molecule has 0 spiro atoms. The Bertz CT molecular complexity index is 269. The monoisotopic (exact) mass is 294 g/mol. The first-order valence-electron chi connectivity index (χ1n) is 6.56. The SMILES string of the molecule is COC[C@H]1O[C@H](OCC[Si](C)(C)C)[C@H](O)[C@@H](O)[C@@H]1O. The summed E-state index contributed by atoms with van der Waals surface area (Å²) in [5.74, 6) is 0. The van der Waals surface area contributed by atoms with Gasteiger partial charge in [-0.1, -0.05) is 19.6 Å². The average Bonchev–Trinajstić information content (AvgIpc) is 2.31. The Balaban J connectivity index is 2.52. The van der Waals surface area contributed by atoms with Crippen molar-refractivity contribution in [2.45, 2.75) is 56.4 Å². The lowest BCUT2D eigenvalue weighted by atomic mass is 9.99. The fraction of sp³-hybridized carbons (Fsp3) is 1.00. The van der Waals surface area contributed by atoms with Crippen LogP contribution < -0.4 is 0 Å². The quantitative estimate of drug-likeness (QED) is 0.588. The van der Waals surface area contributed by atoms with Crippen molar-refractivity contribution in [2.24, 2.45) is 0 Å². The summed E-state index contributed by atoms with van der Waals surface area (Å²) >= 11 is 0. The predicted molar refractivity (Wildman–Crippen MR) is 72.7 cm³/mol. The lowest BCUT2D eigenvalue weighted by Crippen LogP contribution is -2.59. The van der Waals surface area contributed by atoms with Crippen molar-refractivity contribution in [3.05, 3.63) is 0 Å². The van der Waals surface area contributed by atoms with E-state index in [2.05, 4.69) is 19.6 Å². The molecule has 0 aliphatic carbocycles. The van der Waals surface area contributed by atoms with Crippen LogP contribution in [0.5, 0.6) is 0 Å². The van der Waals surface area contributed by atoms with Crippen LogP contribution in [0.3, 0.4) is 0 Å². The van der Waals surface area contributed by atoms with E-state index in [0.29, 0.717) is 6.61 Å². The molecule has 3 N–H and O–H groups in total. The van der Waals surface area contributed by atoms with E-state index < -0.39 is 38.8 Å². The molecule has 19 heavy (non-hydrogen) atoms. The van der Waals surface area contributed by atoms with Crippen molar-refractivity contribution in [3.63, 3.8) is 0 Å². The van der Waals surface area contributed by atoms with Gasteiger partial charge in [0.15, 0.2) is 6.29 Å². The van der Waals surface area contributed by atoms with Crippen molar-refractivity contribution in [1.82, 2.24) is 0 Å². The summed E-state index contributed by atoms with van der Waals surface area (Å²) < 4.78 is 15.9. The molecule has 0 saturated carbocycles. The van der Waals surface area contributed by atoms with Crippen molar-refractivity contribution in [3.8, 4) is 0 Å². The van der Waals surface area contributed by atoms with Gasteiger partial charge >= 0.3 is 0 Å². The van der Waals surface area contributed by atoms with E-state index in [9.17, 15) is 15.3 Å². The van der Waals surface area contributed by atoms with E-state index >= 15 is 0 Å². The Hall–Kier alpha value is -0.0231. The van der Waals surface area contributed by atoms with Gasteiger partial charge in [-0.15, -0.1) is 0 Å². The Morgan fingerprint density at radius 1 is 1.05 bits per heavy atom. The molecule has 0 radical (unpaired) electrons. The van der Waals surface area contributed by atoms with Crippen LogP contribution >= 0.6 is 0 Å². The molecule has 6 nitrogen and oxygen atoms in total. The molecular weight excluding hydrogens is 268 g/mol. The van der Waals surface area contributed by atoms with Gasteiger partial charge in [-0.2, -0.15) is 0 Å². The number of rotatable bonds is 6. The Kier molecular flexibility index (Phi) is 6.38. The zero-order valence-electron chi connectivity index (χ0n) is 12.1. The normalized spacial score (nSPS) is 36.5. The summed E-state index contributed by atoms with van der Waals surface area (Å²) in [6.45, 7) is 7.28. The molecule has 0 amide bonds. The van der Waals surface area contributed by atoms with Crippen molar-refractivity contribution in [1.29, 1.82) is 0 Å². The summed E-state index contributed by atoms with van der Waals surface area (Å²) in [5.41, 5.74) is 0. The lowest BCUT2D eigenvalue weighted by molar-refractivity contribution is -0.300. The summed E-state index contributed by atoms with van der Waals surface area (Å²) in [5, 5.41) is 29.3. The van der Waals surface area contributed by atoms with E-state index in [4.69, 9.17) is 14.2 Å². The molecule has 1 heterocycles. The third-order valence-corrected chi connectivity index (χ3v) is 4.84. The van der Waals surface area contributed by atoms with E-state index in [-0.39, 0.29) is 6.61 Å². The van der Waals surface area contributed by atoms with Crippen LogP contribution in [0.1, 0.15) is 0 Å². The van der Waals surface area contributed by atoms with Crippen LogP contribution in [0.4, 0.5) is 0 Å². The lowest BCUT2D eigenvalue weighted by Gasteiger charge is -2.40. The first-order valence-corrected chi connectivity index (χ1v) is 10.3. The number of methoxy groups -OCH3 is 1. The van der Waals surface area contributed by atoms with Crippen LogP contribution in [0.15, 0.2) is 0 Å². The number of hydrogen-bond donors (Lipinski definition) is 3. The standard InChI is InChI=1S/C12H26O6Si/c1-16-7-8-9(13)10(14)11(15)12(18-8)17-5-6-19(2,3)4/h8-15H,5-7H2,1-4H3/t8-,9-,10+,11-,12+/m1/s1. The summed E-state index contributed by atoms with van der Waals surface area (Å²) in [6, 6.07) is 0.938. The van der Waals surface area contributed by atoms with Crippen LogP contribution in [0, 0.1) is 0 Å². The minimum Gasteiger partial charge on any atom is -0.387 e. The molecule has 7 heteroatoms. The number of aliphatic hydroxyl groups is 3. The van der Waals surface area contributed by atoms with E-state index in [1.807, 2.05) is 0 Å². The van der Waals surface area contributed by atoms with Gasteiger partial charge in [0.2, 0.25) is 0 Å². The van der Waals surface area contributed by atoms with E-state index in [1.54, 1.807) is 0 Å². The van der Waals surface area contributed by atoms with Gasteiger partial charge in [0, 0.05) is 21.8 Å². The maximum Gasteiger partial charge on any atom is 0.186 e. The summed E-state index contributed by atoms with van der Waals surface area (Å²) in [4.78, 5) is 0. The fourth-order valence-corrected chi connectivity index (χ4v) is 2.57. The highest BCUT2D eigenvalue weighted by atomic mass is 28.3. The van der Waals surface area contributed by atoms with Crippen molar-refractivity contribution >= 4 is 8.07 Å². The molecule has 1 fully saturated rings. The third-order valence-electron chi connectivity index (χ3n) is 3.13. The van der Waals surface area contributed by atoms with Gasteiger partial charge in [-0.25, -0.2) is 0 Å². The predicted octanol–water partition coefficient (Wildman–Crippen LogP) is -0.205. The molecule has 1 saturated heterocycles. The van der Waals surface area contributed by atoms with Gasteiger partial charge in [0.05, 0.1) is 6.61 Å². The van der Waals surface area contributed by atoms with Crippen molar-refractivity contribution < 1.29 is 29.5 Å². The largest absolute Gasteiger partial charge is 0.387 e. The molecule has 1 rings (SSSR count). The summed E-state index contributed by atoms with van der Waals surface area (Å²) in [7, 11) is 0.256. The first-order chi connectivity index (χ1) is 8.76. The van der Waals surface area contributed by atoms with Gasteiger partial charge in [-0.3, -0.25) is 0 Å². The minimum atomic E-state index is -1.29. The van der Waals surface area contributed by atoms with Gasteiger partial charge in [0.1, 0.15) is 24.4 Å². The average molecular weight is 294 g/mol. The zero-order chi connectivity index (χ0) is 14.6. The highest BCUT2D eigenvalue weighted by Gasteiger charge is 2.44. The second kappa shape index (κ2) is 7.12. The summed E-state index contributed by atoms with van der Waals surface area (Å²) in [6.07, 6.45) is -5.32. The number of ether oxygens (including phenoxy) is 3. The highest BCUT2D eigenvalue weighted by Crippen LogP contribution is 2.23. The first kappa shape index (κ1) is 17.0. The van der Waals surface area contributed by atoms with Crippen LogP contribution in [-0.2, 0) is 14.2 Å². The van der Waals surface area contributed by atoms with E-state index in [0.717, 1.165) is 6.04 Å². The molecule has 0 aromatic rings. The number of hydrogen-bond acceptors (Lipinski definition) is 6. The number of aliphatic hydroxyl groups excluding tert-OH is 3. The molecule has 114 valence electrons. The third kappa shape index (κ3) is 5.11. The molecule has 0 aromatic heterocycles. The van der Waals surface area contributed by atoms with Gasteiger partial charge < -0.3 is 29.5 Å². The van der Waals surface area contributed by atoms with Crippen LogP contribution in [0.2, 0.25) is 25.7 Å². The van der Waals surface area contributed by atoms with E-state index in [1.165, 1.54) is 7.11 Å². The zero-order valence-corrected chi connectivity index (χ0v) is 13.1. The topological polar surface area (TPSA) is 88.4 Å². The maximum atomic E-state index is 9.83. The minimum absolute atomic E-state index is 0.138. The molecule has 0 aromatic carbocycles. The second-order valence-electron chi connectivity index (χ2n) is 6.15. The molecule has 0 bridgehead atoms. The van der Waals surface area contributed by atoms with Crippen molar-refractivity contribution in [2.75, 3.05) is 20.3 Å².